The van der Waals surface area contributed by atoms with Gasteiger partial charge in [-0.1, -0.05) is 22.9 Å². The molecule has 1 aromatic heterocycles. The molecule has 1 nitrogen and oxygen atoms in total. The second-order valence-corrected chi connectivity index (χ2v) is 7.96. The zero-order valence-corrected chi connectivity index (χ0v) is 15.0. The van der Waals surface area contributed by atoms with E-state index in [4.69, 9.17) is 0 Å². The first-order valence-electron chi connectivity index (χ1n) is 6.04. The molecule has 0 fully saturated rings. The van der Waals surface area contributed by atoms with E-state index >= 15 is 0 Å². The summed E-state index contributed by atoms with van der Waals surface area (Å²) in [4.78, 5) is 0. The van der Waals surface area contributed by atoms with Crippen molar-refractivity contribution in [3.8, 4) is 0 Å². The molecule has 1 unspecified atom stereocenters. The number of halogens is 3. The molecule has 0 saturated carbocycles. The molecule has 5 heteroatoms. The maximum atomic E-state index is 14.1. The maximum absolute atomic E-state index is 14.1. The standard InChI is InChI=1S/C14H14BrFINS/c1-2-5-18-14(9-6-13(17)19-8-9)11-7-10(15)3-4-12(11)16/h3-4,6-8,14,18H,2,5H2,1H3. The van der Waals surface area contributed by atoms with E-state index in [2.05, 4.69) is 62.2 Å². The minimum Gasteiger partial charge on any atom is -0.306 e. The number of rotatable bonds is 5. The molecule has 102 valence electrons. The van der Waals surface area contributed by atoms with Crippen molar-refractivity contribution in [1.29, 1.82) is 0 Å². The molecule has 1 N–H and O–H groups in total. The van der Waals surface area contributed by atoms with Gasteiger partial charge in [-0.3, -0.25) is 0 Å². The highest BCUT2D eigenvalue weighted by Crippen LogP contribution is 2.30. The zero-order valence-electron chi connectivity index (χ0n) is 10.4. The minimum atomic E-state index is -0.169. The molecule has 1 atom stereocenters. The first-order valence-corrected chi connectivity index (χ1v) is 8.79. The van der Waals surface area contributed by atoms with Gasteiger partial charge in [-0.05, 0) is 70.8 Å². The molecule has 0 aliphatic rings. The highest BCUT2D eigenvalue weighted by Gasteiger charge is 2.18. The van der Waals surface area contributed by atoms with E-state index in [9.17, 15) is 4.39 Å². The Kier molecular flexibility index (Phi) is 5.80. The van der Waals surface area contributed by atoms with E-state index in [0.29, 0.717) is 5.56 Å². The topological polar surface area (TPSA) is 12.0 Å². The van der Waals surface area contributed by atoms with Crippen LogP contribution in [0, 0.1) is 8.70 Å². The van der Waals surface area contributed by atoms with Crippen molar-refractivity contribution < 1.29 is 4.39 Å². The van der Waals surface area contributed by atoms with E-state index in [1.54, 1.807) is 17.4 Å². The van der Waals surface area contributed by atoms with Crippen molar-refractivity contribution in [1.82, 2.24) is 5.32 Å². The monoisotopic (exact) mass is 453 g/mol. The van der Waals surface area contributed by atoms with Gasteiger partial charge in [0.15, 0.2) is 0 Å². The third-order valence-corrected chi connectivity index (χ3v) is 5.09. The normalized spacial score (nSPS) is 12.6. The molecular weight excluding hydrogens is 440 g/mol. The fourth-order valence-electron chi connectivity index (χ4n) is 1.91. The van der Waals surface area contributed by atoms with E-state index in [-0.39, 0.29) is 11.9 Å². The Bertz CT molecular complexity index is 558. The van der Waals surface area contributed by atoms with Gasteiger partial charge < -0.3 is 5.32 Å². The third kappa shape index (κ3) is 4.00. The Morgan fingerprint density at radius 1 is 1.42 bits per heavy atom. The quantitative estimate of drug-likeness (QED) is 0.602. The lowest BCUT2D eigenvalue weighted by atomic mass is 10.0. The van der Waals surface area contributed by atoms with Gasteiger partial charge in [0.2, 0.25) is 0 Å². The molecule has 0 bridgehead atoms. The molecule has 0 radical (unpaired) electrons. The average molecular weight is 454 g/mol. The van der Waals surface area contributed by atoms with Crippen LogP contribution >= 0.6 is 49.9 Å². The predicted octanol–water partition coefficient (Wildman–Crippen LogP) is 5.34. The lowest BCUT2D eigenvalue weighted by molar-refractivity contribution is 0.547. The van der Waals surface area contributed by atoms with Gasteiger partial charge in [-0.15, -0.1) is 11.3 Å². The van der Waals surface area contributed by atoms with Crippen LogP contribution in [0.2, 0.25) is 0 Å². The second kappa shape index (κ2) is 7.15. The molecule has 0 aliphatic carbocycles. The lowest BCUT2D eigenvalue weighted by Gasteiger charge is -2.19. The molecule has 1 aromatic carbocycles. The first-order chi connectivity index (χ1) is 9.11. The largest absolute Gasteiger partial charge is 0.306 e. The third-order valence-electron chi connectivity index (χ3n) is 2.79. The van der Waals surface area contributed by atoms with Crippen LogP contribution in [-0.4, -0.2) is 6.54 Å². The summed E-state index contributed by atoms with van der Waals surface area (Å²) >= 11 is 7.39. The molecular formula is C14H14BrFINS. The summed E-state index contributed by atoms with van der Waals surface area (Å²) in [5.74, 6) is -0.169. The van der Waals surface area contributed by atoms with Crippen molar-refractivity contribution >= 4 is 49.9 Å². The number of thiophene rings is 1. The van der Waals surface area contributed by atoms with Gasteiger partial charge in [0, 0.05) is 10.0 Å². The number of hydrogen-bond donors (Lipinski definition) is 1. The smallest absolute Gasteiger partial charge is 0.128 e. The van der Waals surface area contributed by atoms with Crippen LogP contribution in [0.25, 0.3) is 0 Å². The van der Waals surface area contributed by atoms with Gasteiger partial charge in [0.25, 0.3) is 0 Å². The van der Waals surface area contributed by atoms with Gasteiger partial charge in [-0.25, -0.2) is 4.39 Å². The SMILES string of the molecule is CCCNC(c1csc(I)c1)c1cc(Br)ccc1F. The van der Waals surface area contributed by atoms with Crippen LogP contribution in [0.15, 0.2) is 34.1 Å². The van der Waals surface area contributed by atoms with Gasteiger partial charge in [0.1, 0.15) is 5.82 Å². The van der Waals surface area contributed by atoms with Gasteiger partial charge in [0.05, 0.1) is 8.93 Å². The van der Waals surface area contributed by atoms with E-state index < -0.39 is 0 Å². The summed E-state index contributed by atoms with van der Waals surface area (Å²) in [6.07, 6.45) is 1.02. The van der Waals surface area contributed by atoms with Crippen LogP contribution in [0.3, 0.4) is 0 Å². The summed E-state index contributed by atoms with van der Waals surface area (Å²) in [5, 5.41) is 5.52. The molecule has 1 heterocycles. The Balaban J connectivity index is 2.39. The minimum absolute atomic E-state index is 0.0859. The fraction of sp³-hybridized carbons (Fsp3) is 0.286. The zero-order chi connectivity index (χ0) is 13.8. The maximum Gasteiger partial charge on any atom is 0.128 e. The summed E-state index contributed by atoms with van der Waals surface area (Å²) < 4.78 is 16.2. The lowest BCUT2D eigenvalue weighted by Crippen LogP contribution is -2.23. The van der Waals surface area contributed by atoms with Crippen LogP contribution in [0.4, 0.5) is 4.39 Å². The molecule has 0 amide bonds. The van der Waals surface area contributed by atoms with Crippen molar-refractivity contribution in [2.24, 2.45) is 0 Å². The van der Waals surface area contributed by atoms with Crippen molar-refractivity contribution in [3.05, 3.63) is 53.9 Å². The molecule has 0 aliphatic heterocycles. The van der Waals surface area contributed by atoms with E-state index in [1.807, 2.05) is 6.07 Å². The highest BCUT2D eigenvalue weighted by atomic mass is 127. The second-order valence-electron chi connectivity index (χ2n) is 4.24. The molecule has 2 aromatic rings. The van der Waals surface area contributed by atoms with Crippen molar-refractivity contribution in [2.75, 3.05) is 6.54 Å². The summed E-state index contributed by atoms with van der Waals surface area (Å²) in [6.45, 7) is 2.97. The molecule has 0 spiro atoms. The van der Waals surface area contributed by atoms with Crippen molar-refractivity contribution in [3.63, 3.8) is 0 Å². The Hall–Kier alpha value is 0.0200. The van der Waals surface area contributed by atoms with Crippen LogP contribution in [0.1, 0.15) is 30.5 Å². The van der Waals surface area contributed by atoms with Crippen molar-refractivity contribution in [2.45, 2.75) is 19.4 Å². The number of nitrogens with one attached hydrogen (secondary N) is 1. The highest BCUT2D eigenvalue weighted by molar-refractivity contribution is 14.1. The fourth-order valence-corrected chi connectivity index (χ4v) is 3.68. The van der Waals surface area contributed by atoms with Gasteiger partial charge >= 0.3 is 0 Å². The first kappa shape index (κ1) is 15.4. The van der Waals surface area contributed by atoms with Crippen LogP contribution in [-0.2, 0) is 0 Å². The molecule has 0 saturated heterocycles. The van der Waals surface area contributed by atoms with Crippen LogP contribution < -0.4 is 5.32 Å². The Morgan fingerprint density at radius 3 is 2.84 bits per heavy atom. The molecule has 2 rings (SSSR count). The average Bonchev–Trinajstić information content (AvgIpc) is 2.80. The summed E-state index contributed by atoms with van der Waals surface area (Å²) in [6, 6.07) is 7.12. The Labute approximate surface area is 138 Å². The number of hydrogen-bond acceptors (Lipinski definition) is 2. The predicted molar refractivity (Wildman–Crippen MR) is 91.3 cm³/mol. The molecule has 19 heavy (non-hydrogen) atoms. The van der Waals surface area contributed by atoms with E-state index in [1.165, 1.54) is 8.95 Å². The summed E-state index contributed by atoms with van der Waals surface area (Å²) in [5.41, 5.74) is 1.82. The van der Waals surface area contributed by atoms with Gasteiger partial charge in [-0.2, -0.15) is 0 Å². The Morgan fingerprint density at radius 2 is 2.21 bits per heavy atom. The van der Waals surface area contributed by atoms with Crippen LogP contribution in [0.5, 0.6) is 0 Å². The number of benzene rings is 1. The summed E-state index contributed by atoms with van der Waals surface area (Å²) in [7, 11) is 0. The van der Waals surface area contributed by atoms with E-state index in [0.717, 1.165) is 23.0 Å².